The minimum atomic E-state index is -0.560. The molecule has 0 bridgehead atoms. The van der Waals surface area contributed by atoms with Gasteiger partial charge in [-0.15, -0.1) is 0 Å². The number of likely N-dealkylation sites (N-methyl/N-ethyl adjacent to an activating group) is 1. The van der Waals surface area contributed by atoms with Gasteiger partial charge in [-0.1, -0.05) is 49.4 Å². The summed E-state index contributed by atoms with van der Waals surface area (Å²) in [7, 11) is 0. The Morgan fingerprint density at radius 2 is 1.76 bits per heavy atom. The van der Waals surface area contributed by atoms with Crippen LogP contribution in [0.25, 0.3) is 0 Å². The lowest BCUT2D eigenvalue weighted by atomic mass is 10.1. The van der Waals surface area contributed by atoms with Crippen molar-refractivity contribution in [3.63, 3.8) is 0 Å². The molecule has 0 spiro atoms. The zero-order valence-corrected chi connectivity index (χ0v) is 12.8. The molecule has 0 aliphatic rings. The van der Waals surface area contributed by atoms with Gasteiger partial charge in [0.05, 0.1) is 6.10 Å². The SMILES string of the molecule is CCN(Cc1ccccc1C)CC(O)c1ccccc1N. The predicted molar refractivity (Wildman–Crippen MR) is 87.9 cm³/mol. The van der Waals surface area contributed by atoms with E-state index in [1.807, 2.05) is 24.3 Å². The maximum Gasteiger partial charge on any atom is 0.0936 e. The number of rotatable bonds is 6. The number of aliphatic hydroxyl groups excluding tert-OH is 1. The molecule has 2 aromatic rings. The molecule has 3 heteroatoms. The largest absolute Gasteiger partial charge is 0.398 e. The highest BCUT2D eigenvalue weighted by atomic mass is 16.3. The topological polar surface area (TPSA) is 49.5 Å². The van der Waals surface area contributed by atoms with E-state index < -0.39 is 6.10 Å². The number of hydrogen-bond donors (Lipinski definition) is 2. The molecule has 1 atom stereocenters. The van der Waals surface area contributed by atoms with Crippen molar-refractivity contribution in [1.29, 1.82) is 0 Å². The summed E-state index contributed by atoms with van der Waals surface area (Å²) in [6.45, 7) is 6.54. The summed E-state index contributed by atoms with van der Waals surface area (Å²) >= 11 is 0. The van der Waals surface area contributed by atoms with Gasteiger partial charge in [0.25, 0.3) is 0 Å². The van der Waals surface area contributed by atoms with Crippen molar-refractivity contribution in [2.45, 2.75) is 26.5 Å². The third-order valence-corrected chi connectivity index (χ3v) is 3.89. The number of nitrogens with two attached hydrogens (primary N) is 1. The summed E-state index contributed by atoms with van der Waals surface area (Å²) < 4.78 is 0. The van der Waals surface area contributed by atoms with Gasteiger partial charge in [-0.05, 0) is 30.7 Å². The molecule has 3 nitrogen and oxygen atoms in total. The molecule has 21 heavy (non-hydrogen) atoms. The van der Waals surface area contributed by atoms with Crippen molar-refractivity contribution in [1.82, 2.24) is 4.90 Å². The minimum Gasteiger partial charge on any atom is -0.398 e. The first-order chi connectivity index (χ1) is 10.1. The van der Waals surface area contributed by atoms with Crippen LogP contribution in [0.1, 0.15) is 29.7 Å². The summed E-state index contributed by atoms with van der Waals surface area (Å²) in [5.74, 6) is 0. The number of aryl methyl sites for hydroxylation is 1. The van der Waals surface area contributed by atoms with E-state index in [-0.39, 0.29) is 0 Å². The molecule has 0 aromatic heterocycles. The third kappa shape index (κ3) is 4.06. The van der Waals surface area contributed by atoms with E-state index >= 15 is 0 Å². The number of benzene rings is 2. The number of hydrogen-bond acceptors (Lipinski definition) is 3. The minimum absolute atomic E-state index is 0.560. The van der Waals surface area contributed by atoms with Crippen LogP contribution in [0.4, 0.5) is 5.69 Å². The van der Waals surface area contributed by atoms with Crippen LogP contribution in [0.2, 0.25) is 0 Å². The predicted octanol–water partition coefficient (Wildman–Crippen LogP) is 3.13. The van der Waals surface area contributed by atoms with Gasteiger partial charge in [-0.3, -0.25) is 4.90 Å². The summed E-state index contributed by atoms with van der Waals surface area (Å²) in [6, 6.07) is 15.9. The van der Waals surface area contributed by atoms with Crippen molar-refractivity contribution in [3.05, 3.63) is 65.2 Å². The molecule has 112 valence electrons. The molecule has 0 amide bonds. The Balaban J connectivity index is 2.06. The third-order valence-electron chi connectivity index (χ3n) is 3.89. The highest BCUT2D eigenvalue weighted by Crippen LogP contribution is 2.21. The molecule has 0 saturated heterocycles. The van der Waals surface area contributed by atoms with E-state index in [4.69, 9.17) is 5.73 Å². The molecule has 0 aliphatic carbocycles. The van der Waals surface area contributed by atoms with Crippen molar-refractivity contribution >= 4 is 5.69 Å². The van der Waals surface area contributed by atoms with Crippen LogP contribution in [0.5, 0.6) is 0 Å². The van der Waals surface area contributed by atoms with Crippen molar-refractivity contribution in [2.75, 3.05) is 18.8 Å². The van der Waals surface area contributed by atoms with Crippen molar-refractivity contribution in [3.8, 4) is 0 Å². The molecule has 2 aromatic carbocycles. The molecular formula is C18H24N2O. The van der Waals surface area contributed by atoms with Gasteiger partial charge in [-0.25, -0.2) is 0 Å². The number of aliphatic hydroxyl groups is 1. The van der Waals surface area contributed by atoms with E-state index in [1.54, 1.807) is 0 Å². The van der Waals surface area contributed by atoms with Crippen LogP contribution in [0.15, 0.2) is 48.5 Å². The molecule has 2 rings (SSSR count). The summed E-state index contributed by atoms with van der Waals surface area (Å²) in [5.41, 5.74) is 9.97. The molecule has 3 N–H and O–H groups in total. The van der Waals surface area contributed by atoms with E-state index in [1.165, 1.54) is 11.1 Å². The van der Waals surface area contributed by atoms with Crippen LogP contribution >= 0.6 is 0 Å². The fourth-order valence-corrected chi connectivity index (χ4v) is 2.49. The lowest BCUT2D eigenvalue weighted by molar-refractivity contribution is 0.113. The summed E-state index contributed by atoms with van der Waals surface area (Å²) in [5, 5.41) is 10.4. The van der Waals surface area contributed by atoms with E-state index in [0.717, 1.165) is 18.7 Å². The molecule has 0 fully saturated rings. The fourth-order valence-electron chi connectivity index (χ4n) is 2.49. The first-order valence-electron chi connectivity index (χ1n) is 7.41. The van der Waals surface area contributed by atoms with Gasteiger partial charge in [-0.2, -0.15) is 0 Å². The molecule has 1 unspecified atom stereocenters. The average molecular weight is 284 g/mol. The normalized spacial score (nSPS) is 12.6. The van der Waals surface area contributed by atoms with E-state index in [0.29, 0.717) is 12.2 Å². The zero-order chi connectivity index (χ0) is 15.2. The Morgan fingerprint density at radius 3 is 2.43 bits per heavy atom. The van der Waals surface area contributed by atoms with Gasteiger partial charge in [0, 0.05) is 24.3 Å². The number of nitrogen functional groups attached to an aromatic ring is 1. The first-order valence-corrected chi connectivity index (χ1v) is 7.41. The Morgan fingerprint density at radius 1 is 1.10 bits per heavy atom. The fraction of sp³-hybridized carbons (Fsp3) is 0.333. The lowest BCUT2D eigenvalue weighted by Gasteiger charge is -2.25. The molecular weight excluding hydrogens is 260 g/mol. The van der Waals surface area contributed by atoms with Crippen LogP contribution in [-0.2, 0) is 6.54 Å². The second-order valence-corrected chi connectivity index (χ2v) is 5.40. The summed E-state index contributed by atoms with van der Waals surface area (Å²) in [4.78, 5) is 2.24. The maximum atomic E-state index is 10.4. The standard InChI is InChI=1S/C18H24N2O/c1-3-20(12-15-9-5-4-8-14(15)2)13-18(21)16-10-6-7-11-17(16)19/h4-11,18,21H,3,12-13,19H2,1-2H3. The second-order valence-electron chi connectivity index (χ2n) is 5.40. The van der Waals surface area contributed by atoms with Crippen molar-refractivity contribution in [2.24, 2.45) is 0 Å². The number of anilines is 1. The van der Waals surface area contributed by atoms with Gasteiger partial charge >= 0.3 is 0 Å². The average Bonchev–Trinajstić information content (AvgIpc) is 2.49. The first kappa shape index (κ1) is 15.5. The zero-order valence-electron chi connectivity index (χ0n) is 12.8. The lowest BCUT2D eigenvalue weighted by Crippen LogP contribution is -2.28. The maximum absolute atomic E-state index is 10.4. The Bertz CT molecular complexity index is 583. The van der Waals surface area contributed by atoms with Gasteiger partial charge < -0.3 is 10.8 Å². The van der Waals surface area contributed by atoms with Crippen LogP contribution in [0.3, 0.4) is 0 Å². The Hall–Kier alpha value is -1.84. The molecule has 0 heterocycles. The Kier molecular flexibility index (Phi) is 5.37. The molecule has 0 radical (unpaired) electrons. The highest BCUT2D eigenvalue weighted by Gasteiger charge is 2.15. The highest BCUT2D eigenvalue weighted by molar-refractivity contribution is 5.47. The van der Waals surface area contributed by atoms with Crippen LogP contribution in [-0.4, -0.2) is 23.1 Å². The monoisotopic (exact) mass is 284 g/mol. The quantitative estimate of drug-likeness (QED) is 0.801. The molecule has 0 saturated carbocycles. The van der Waals surface area contributed by atoms with E-state index in [9.17, 15) is 5.11 Å². The second kappa shape index (κ2) is 7.25. The molecule has 0 aliphatic heterocycles. The number of nitrogens with zero attached hydrogens (tertiary/aromatic N) is 1. The van der Waals surface area contributed by atoms with Gasteiger partial charge in [0.2, 0.25) is 0 Å². The van der Waals surface area contributed by atoms with Crippen LogP contribution < -0.4 is 5.73 Å². The number of para-hydroxylation sites is 1. The van der Waals surface area contributed by atoms with Gasteiger partial charge in [0.15, 0.2) is 0 Å². The van der Waals surface area contributed by atoms with Crippen molar-refractivity contribution < 1.29 is 5.11 Å². The van der Waals surface area contributed by atoms with Gasteiger partial charge in [0.1, 0.15) is 0 Å². The smallest absolute Gasteiger partial charge is 0.0936 e. The Labute approximate surface area is 127 Å². The summed E-state index contributed by atoms with van der Waals surface area (Å²) in [6.07, 6.45) is -0.560. The van der Waals surface area contributed by atoms with E-state index in [2.05, 4.69) is 43.0 Å². The van der Waals surface area contributed by atoms with Crippen LogP contribution in [0, 0.1) is 6.92 Å².